The largest absolute Gasteiger partial charge is 0.496 e. The minimum Gasteiger partial charge on any atom is -0.496 e. The third-order valence-electron chi connectivity index (χ3n) is 4.06. The fourth-order valence-electron chi connectivity index (χ4n) is 3.00. The van der Waals surface area contributed by atoms with Gasteiger partial charge in [0.15, 0.2) is 0 Å². The van der Waals surface area contributed by atoms with E-state index in [9.17, 15) is 5.26 Å². The van der Waals surface area contributed by atoms with Crippen LogP contribution in [0.1, 0.15) is 11.6 Å². The molecule has 108 valence electrons. The first-order chi connectivity index (χ1) is 10.3. The number of benzene rings is 2. The van der Waals surface area contributed by atoms with Crippen molar-refractivity contribution in [1.29, 1.82) is 5.26 Å². The van der Waals surface area contributed by atoms with Gasteiger partial charge in [0.2, 0.25) is 0 Å². The number of rotatable bonds is 3. The number of nitriles is 1. The first kappa shape index (κ1) is 13.9. The van der Waals surface area contributed by atoms with E-state index in [1.165, 1.54) is 0 Å². The number of fused-ring (bicyclic) bond motifs is 1. The maximum atomic E-state index is 9.74. The van der Waals surface area contributed by atoms with Crippen molar-refractivity contribution < 1.29 is 4.74 Å². The Hall–Kier alpha value is -2.09. The van der Waals surface area contributed by atoms with E-state index >= 15 is 0 Å². The molecule has 0 aromatic heterocycles. The van der Waals surface area contributed by atoms with Gasteiger partial charge in [0.1, 0.15) is 11.8 Å². The summed E-state index contributed by atoms with van der Waals surface area (Å²) >= 11 is 0. The van der Waals surface area contributed by atoms with Gasteiger partial charge in [-0.25, -0.2) is 0 Å². The third kappa shape index (κ3) is 2.58. The van der Waals surface area contributed by atoms with Gasteiger partial charge in [-0.2, -0.15) is 5.26 Å². The van der Waals surface area contributed by atoms with Crippen LogP contribution in [0.4, 0.5) is 0 Å². The Labute approximate surface area is 124 Å². The summed E-state index contributed by atoms with van der Waals surface area (Å²) in [5, 5.41) is 15.3. The van der Waals surface area contributed by atoms with Crippen LogP contribution in [0, 0.1) is 11.3 Å². The molecule has 4 nitrogen and oxygen atoms in total. The number of hydrogen-bond acceptors (Lipinski definition) is 4. The molecule has 1 aliphatic rings. The standard InChI is InChI=1S/C17H19N3O/c1-21-16-7-6-13-4-2-3-5-14(13)17(16)15(12-18)20-10-8-19-9-11-20/h2-7,15,19H,8-11H2,1H3. The van der Waals surface area contributed by atoms with Gasteiger partial charge in [-0.15, -0.1) is 0 Å². The van der Waals surface area contributed by atoms with Crippen molar-refractivity contribution in [3.8, 4) is 11.8 Å². The van der Waals surface area contributed by atoms with Crippen molar-refractivity contribution >= 4 is 10.8 Å². The third-order valence-corrected chi connectivity index (χ3v) is 4.06. The number of ether oxygens (including phenoxy) is 1. The number of nitrogens with zero attached hydrogens (tertiary/aromatic N) is 2. The van der Waals surface area contributed by atoms with Gasteiger partial charge in [-0.1, -0.05) is 30.3 Å². The lowest BCUT2D eigenvalue weighted by molar-refractivity contribution is 0.205. The zero-order chi connectivity index (χ0) is 14.7. The van der Waals surface area contributed by atoms with Crippen LogP contribution < -0.4 is 10.1 Å². The Balaban J connectivity index is 2.13. The van der Waals surface area contributed by atoms with Crippen molar-refractivity contribution in [2.45, 2.75) is 6.04 Å². The molecule has 21 heavy (non-hydrogen) atoms. The summed E-state index contributed by atoms with van der Waals surface area (Å²) in [6.07, 6.45) is 0. The molecular formula is C17H19N3O. The first-order valence-electron chi connectivity index (χ1n) is 7.25. The summed E-state index contributed by atoms with van der Waals surface area (Å²) in [6.45, 7) is 3.60. The summed E-state index contributed by atoms with van der Waals surface area (Å²) in [4.78, 5) is 2.22. The van der Waals surface area contributed by atoms with Crippen LogP contribution in [-0.2, 0) is 0 Å². The molecule has 0 amide bonds. The summed E-state index contributed by atoms with van der Waals surface area (Å²) in [6, 6.07) is 14.4. The average molecular weight is 281 g/mol. The van der Waals surface area contributed by atoms with Crippen molar-refractivity contribution in [3.63, 3.8) is 0 Å². The predicted octanol–water partition coefficient (Wildman–Crippen LogP) is 2.32. The molecule has 2 aromatic carbocycles. The highest BCUT2D eigenvalue weighted by atomic mass is 16.5. The normalized spacial score (nSPS) is 17.3. The second-order valence-corrected chi connectivity index (χ2v) is 5.22. The predicted molar refractivity (Wildman–Crippen MR) is 83.3 cm³/mol. The van der Waals surface area contributed by atoms with E-state index in [4.69, 9.17) is 4.74 Å². The Morgan fingerprint density at radius 3 is 2.67 bits per heavy atom. The van der Waals surface area contributed by atoms with Crippen LogP contribution in [0.5, 0.6) is 5.75 Å². The quantitative estimate of drug-likeness (QED) is 0.938. The lowest BCUT2D eigenvalue weighted by atomic mass is 9.96. The van der Waals surface area contributed by atoms with Crippen molar-refractivity contribution in [3.05, 3.63) is 42.0 Å². The van der Waals surface area contributed by atoms with Gasteiger partial charge in [0.25, 0.3) is 0 Å². The topological polar surface area (TPSA) is 48.3 Å². The molecular weight excluding hydrogens is 262 g/mol. The number of hydrogen-bond donors (Lipinski definition) is 1. The van der Waals surface area contributed by atoms with Gasteiger partial charge in [0.05, 0.1) is 13.2 Å². The minimum absolute atomic E-state index is 0.270. The molecule has 1 unspecified atom stereocenters. The molecule has 0 aliphatic carbocycles. The highest BCUT2D eigenvalue weighted by Crippen LogP contribution is 2.35. The average Bonchev–Trinajstić information content (AvgIpc) is 2.56. The Morgan fingerprint density at radius 2 is 1.95 bits per heavy atom. The summed E-state index contributed by atoms with van der Waals surface area (Å²) in [7, 11) is 1.67. The van der Waals surface area contributed by atoms with E-state index in [-0.39, 0.29) is 6.04 Å². The smallest absolute Gasteiger partial charge is 0.128 e. The SMILES string of the molecule is COc1ccc2ccccc2c1C(C#N)N1CCNCC1. The van der Waals surface area contributed by atoms with Crippen LogP contribution in [0.3, 0.4) is 0 Å². The van der Waals surface area contributed by atoms with Crippen LogP contribution in [0.15, 0.2) is 36.4 Å². The Kier molecular flexibility index (Phi) is 4.05. The van der Waals surface area contributed by atoms with Gasteiger partial charge >= 0.3 is 0 Å². The summed E-state index contributed by atoms with van der Waals surface area (Å²) < 4.78 is 5.53. The minimum atomic E-state index is -0.270. The van der Waals surface area contributed by atoms with Crippen molar-refractivity contribution in [1.82, 2.24) is 10.2 Å². The highest BCUT2D eigenvalue weighted by molar-refractivity contribution is 5.88. The van der Waals surface area contributed by atoms with E-state index in [0.29, 0.717) is 0 Å². The second kappa shape index (κ2) is 6.13. The molecule has 1 aliphatic heterocycles. The number of nitrogens with one attached hydrogen (secondary N) is 1. The number of methoxy groups -OCH3 is 1. The highest BCUT2D eigenvalue weighted by Gasteiger charge is 2.26. The Bertz CT molecular complexity index is 671. The molecule has 0 bridgehead atoms. The van der Waals surface area contributed by atoms with Gasteiger partial charge < -0.3 is 10.1 Å². The van der Waals surface area contributed by atoms with Gasteiger partial charge in [-0.05, 0) is 16.8 Å². The molecule has 3 rings (SSSR count). The van der Waals surface area contributed by atoms with E-state index in [1.54, 1.807) is 7.11 Å². The van der Waals surface area contributed by atoms with Crippen LogP contribution in [-0.4, -0.2) is 38.2 Å². The van der Waals surface area contributed by atoms with Crippen LogP contribution in [0.25, 0.3) is 10.8 Å². The lowest BCUT2D eigenvalue weighted by Gasteiger charge is -2.32. The van der Waals surface area contributed by atoms with E-state index in [2.05, 4.69) is 28.4 Å². The molecule has 2 aromatic rings. The summed E-state index contributed by atoms with van der Waals surface area (Å²) in [5.74, 6) is 0.791. The van der Waals surface area contributed by atoms with Crippen LogP contribution >= 0.6 is 0 Å². The molecule has 0 saturated carbocycles. The molecule has 1 saturated heterocycles. The summed E-state index contributed by atoms with van der Waals surface area (Å²) in [5.41, 5.74) is 0.986. The first-order valence-corrected chi connectivity index (χ1v) is 7.25. The van der Waals surface area contributed by atoms with E-state index in [0.717, 1.165) is 48.3 Å². The second-order valence-electron chi connectivity index (χ2n) is 5.22. The zero-order valence-corrected chi connectivity index (χ0v) is 12.2. The molecule has 0 radical (unpaired) electrons. The fourth-order valence-corrected chi connectivity index (χ4v) is 3.00. The molecule has 0 spiro atoms. The lowest BCUT2D eigenvalue weighted by Crippen LogP contribution is -2.44. The van der Waals surface area contributed by atoms with E-state index < -0.39 is 0 Å². The Morgan fingerprint density at radius 1 is 1.19 bits per heavy atom. The van der Waals surface area contributed by atoms with Crippen molar-refractivity contribution in [2.24, 2.45) is 0 Å². The molecule has 4 heteroatoms. The number of piperazine rings is 1. The van der Waals surface area contributed by atoms with Gasteiger partial charge in [-0.3, -0.25) is 4.90 Å². The van der Waals surface area contributed by atoms with Gasteiger partial charge in [0, 0.05) is 31.7 Å². The monoisotopic (exact) mass is 281 g/mol. The maximum Gasteiger partial charge on any atom is 0.128 e. The fraction of sp³-hybridized carbons (Fsp3) is 0.353. The molecule has 1 fully saturated rings. The molecule has 1 N–H and O–H groups in total. The maximum absolute atomic E-state index is 9.74. The molecule has 1 atom stereocenters. The van der Waals surface area contributed by atoms with E-state index in [1.807, 2.05) is 24.3 Å². The van der Waals surface area contributed by atoms with Crippen molar-refractivity contribution in [2.75, 3.05) is 33.3 Å². The molecule has 1 heterocycles. The zero-order valence-electron chi connectivity index (χ0n) is 12.2. The van der Waals surface area contributed by atoms with Crippen LogP contribution in [0.2, 0.25) is 0 Å².